The number of hydrogen-bond acceptors (Lipinski definition) is 3. The van der Waals surface area contributed by atoms with Crippen molar-refractivity contribution in [3.05, 3.63) is 68.3 Å². The van der Waals surface area contributed by atoms with Gasteiger partial charge in [0.2, 0.25) is 0 Å². The SMILES string of the molecule is Cc1ccc(C)c(Cc2c(C)nc3c(C(=O)O)c[nH]n3c2=O)c1. The first-order valence-corrected chi connectivity index (χ1v) is 7.27. The number of aryl methyl sites for hydroxylation is 3. The van der Waals surface area contributed by atoms with Crippen LogP contribution in [-0.4, -0.2) is 25.7 Å². The van der Waals surface area contributed by atoms with Crippen LogP contribution in [0.2, 0.25) is 0 Å². The van der Waals surface area contributed by atoms with Crippen molar-refractivity contribution in [3.63, 3.8) is 0 Å². The zero-order valence-corrected chi connectivity index (χ0v) is 13.2. The molecule has 2 aromatic heterocycles. The van der Waals surface area contributed by atoms with Gasteiger partial charge in [-0.25, -0.2) is 14.3 Å². The topological polar surface area (TPSA) is 87.5 Å². The third-order valence-electron chi connectivity index (χ3n) is 4.06. The van der Waals surface area contributed by atoms with E-state index in [1.54, 1.807) is 6.92 Å². The summed E-state index contributed by atoms with van der Waals surface area (Å²) in [5, 5.41) is 11.8. The molecule has 3 aromatic rings. The maximum absolute atomic E-state index is 12.7. The molecule has 118 valence electrons. The number of nitrogens with zero attached hydrogens (tertiary/aromatic N) is 2. The smallest absolute Gasteiger partial charge is 0.341 e. The van der Waals surface area contributed by atoms with Gasteiger partial charge in [0, 0.05) is 23.9 Å². The molecule has 0 unspecified atom stereocenters. The predicted molar refractivity (Wildman–Crippen MR) is 86.2 cm³/mol. The summed E-state index contributed by atoms with van der Waals surface area (Å²) >= 11 is 0. The minimum Gasteiger partial charge on any atom is -0.477 e. The summed E-state index contributed by atoms with van der Waals surface area (Å²) in [5.41, 5.74) is 4.29. The first-order chi connectivity index (χ1) is 10.9. The Morgan fingerprint density at radius 2 is 2.04 bits per heavy atom. The highest BCUT2D eigenvalue weighted by Crippen LogP contribution is 2.16. The van der Waals surface area contributed by atoms with Gasteiger partial charge < -0.3 is 5.11 Å². The summed E-state index contributed by atoms with van der Waals surface area (Å²) in [6, 6.07) is 6.12. The van der Waals surface area contributed by atoms with Gasteiger partial charge in [-0.15, -0.1) is 0 Å². The van der Waals surface area contributed by atoms with Crippen LogP contribution in [0.5, 0.6) is 0 Å². The molecule has 0 bridgehead atoms. The molecule has 0 spiro atoms. The summed E-state index contributed by atoms with van der Waals surface area (Å²) in [6.45, 7) is 5.75. The largest absolute Gasteiger partial charge is 0.477 e. The molecule has 2 heterocycles. The molecule has 0 fully saturated rings. The molecule has 0 atom stereocenters. The van der Waals surface area contributed by atoms with E-state index in [2.05, 4.69) is 16.1 Å². The van der Waals surface area contributed by atoms with Crippen molar-refractivity contribution in [1.29, 1.82) is 0 Å². The van der Waals surface area contributed by atoms with E-state index in [1.807, 2.05) is 26.0 Å². The molecule has 6 nitrogen and oxygen atoms in total. The number of aromatic amines is 1. The summed E-state index contributed by atoms with van der Waals surface area (Å²) in [4.78, 5) is 28.2. The van der Waals surface area contributed by atoms with Crippen molar-refractivity contribution in [2.75, 3.05) is 0 Å². The van der Waals surface area contributed by atoms with Gasteiger partial charge in [-0.2, -0.15) is 0 Å². The fourth-order valence-corrected chi connectivity index (χ4v) is 2.70. The lowest BCUT2D eigenvalue weighted by atomic mass is 9.98. The zero-order chi connectivity index (χ0) is 16.7. The first kappa shape index (κ1) is 15.0. The molecule has 0 saturated heterocycles. The lowest BCUT2D eigenvalue weighted by Gasteiger charge is -2.09. The monoisotopic (exact) mass is 311 g/mol. The average molecular weight is 311 g/mol. The van der Waals surface area contributed by atoms with Gasteiger partial charge >= 0.3 is 5.97 Å². The number of fused-ring (bicyclic) bond motifs is 1. The Morgan fingerprint density at radius 1 is 1.30 bits per heavy atom. The average Bonchev–Trinajstić information content (AvgIpc) is 2.91. The second-order valence-electron chi connectivity index (χ2n) is 5.74. The van der Waals surface area contributed by atoms with E-state index in [4.69, 9.17) is 5.11 Å². The minimum atomic E-state index is -1.11. The maximum atomic E-state index is 12.7. The molecular weight excluding hydrogens is 294 g/mol. The molecule has 0 amide bonds. The van der Waals surface area contributed by atoms with Crippen LogP contribution in [0.15, 0.2) is 29.2 Å². The summed E-state index contributed by atoms with van der Waals surface area (Å²) in [5.74, 6) is -1.11. The Hall–Kier alpha value is -2.89. The van der Waals surface area contributed by atoms with E-state index in [-0.39, 0.29) is 16.8 Å². The van der Waals surface area contributed by atoms with Crippen molar-refractivity contribution in [2.24, 2.45) is 0 Å². The highest BCUT2D eigenvalue weighted by Gasteiger charge is 2.18. The Kier molecular flexibility index (Phi) is 3.52. The Labute approximate surface area is 132 Å². The number of nitrogens with one attached hydrogen (secondary N) is 1. The van der Waals surface area contributed by atoms with Gasteiger partial charge in [0.05, 0.1) is 0 Å². The fourth-order valence-electron chi connectivity index (χ4n) is 2.70. The minimum absolute atomic E-state index is 0.0107. The molecule has 3 rings (SSSR count). The first-order valence-electron chi connectivity index (χ1n) is 7.27. The van der Waals surface area contributed by atoms with Crippen LogP contribution in [0.25, 0.3) is 5.65 Å². The predicted octanol–water partition coefficient (Wildman–Crippen LogP) is 2.24. The number of carboxylic acids is 1. The van der Waals surface area contributed by atoms with Gasteiger partial charge in [-0.3, -0.25) is 9.89 Å². The molecule has 6 heteroatoms. The number of hydrogen-bond donors (Lipinski definition) is 2. The van der Waals surface area contributed by atoms with E-state index < -0.39 is 5.97 Å². The normalized spacial score (nSPS) is 11.1. The standard InChI is InChI=1S/C17H17N3O3/c1-9-4-5-10(2)12(6-9)7-13-11(3)19-15-14(17(22)23)8-18-20(15)16(13)21/h4-6,8,18H,7H2,1-3H3,(H,22,23). The van der Waals surface area contributed by atoms with Gasteiger partial charge in [0.25, 0.3) is 5.56 Å². The Bertz CT molecular complexity index is 983. The number of carboxylic acid groups (broad SMARTS) is 1. The third-order valence-corrected chi connectivity index (χ3v) is 4.06. The number of aromatic nitrogens is 3. The lowest BCUT2D eigenvalue weighted by molar-refractivity contribution is 0.0698. The van der Waals surface area contributed by atoms with Crippen LogP contribution in [0.3, 0.4) is 0 Å². The lowest BCUT2D eigenvalue weighted by Crippen LogP contribution is -2.22. The van der Waals surface area contributed by atoms with Crippen molar-refractivity contribution in [2.45, 2.75) is 27.2 Å². The molecule has 0 aliphatic heterocycles. The summed E-state index contributed by atoms with van der Waals surface area (Å²) < 4.78 is 1.19. The van der Waals surface area contributed by atoms with E-state index in [9.17, 15) is 9.59 Å². The zero-order valence-electron chi connectivity index (χ0n) is 13.2. The number of benzene rings is 1. The number of aromatic carboxylic acids is 1. The summed E-state index contributed by atoms with van der Waals surface area (Å²) in [7, 11) is 0. The fraction of sp³-hybridized carbons (Fsp3) is 0.235. The third kappa shape index (κ3) is 2.52. The molecule has 0 aliphatic carbocycles. The Balaban J connectivity index is 2.17. The van der Waals surface area contributed by atoms with Crippen LogP contribution in [0.1, 0.15) is 38.3 Å². The molecule has 2 N–H and O–H groups in total. The molecular formula is C17H17N3O3. The van der Waals surface area contributed by atoms with Gasteiger partial charge in [0.1, 0.15) is 5.56 Å². The quantitative estimate of drug-likeness (QED) is 0.776. The van der Waals surface area contributed by atoms with Crippen molar-refractivity contribution in [3.8, 4) is 0 Å². The van der Waals surface area contributed by atoms with Crippen LogP contribution < -0.4 is 5.56 Å². The van der Waals surface area contributed by atoms with Crippen molar-refractivity contribution >= 4 is 11.6 Å². The van der Waals surface area contributed by atoms with Crippen molar-refractivity contribution in [1.82, 2.24) is 14.6 Å². The van der Waals surface area contributed by atoms with Crippen molar-refractivity contribution < 1.29 is 9.90 Å². The molecule has 0 saturated carbocycles. The molecule has 0 radical (unpaired) electrons. The van der Waals surface area contributed by atoms with Gasteiger partial charge in [0.15, 0.2) is 5.65 Å². The van der Waals surface area contributed by atoms with E-state index in [0.29, 0.717) is 17.7 Å². The second-order valence-corrected chi connectivity index (χ2v) is 5.74. The highest BCUT2D eigenvalue weighted by molar-refractivity contribution is 5.94. The number of H-pyrrole nitrogens is 1. The van der Waals surface area contributed by atoms with Crippen LogP contribution >= 0.6 is 0 Å². The van der Waals surface area contributed by atoms with Crippen LogP contribution in [0, 0.1) is 20.8 Å². The Morgan fingerprint density at radius 3 is 2.74 bits per heavy atom. The molecule has 23 heavy (non-hydrogen) atoms. The second kappa shape index (κ2) is 5.39. The molecule has 0 aliphatic rings. The molecule has 1 aromatic carbocycles. The van der Waals surface area contributed by atoms with Crippen LogP contribution in [-0.2, 0) is 6.42 Å². The summed E-state index contributed by atoms with van der Waals surface area (Å²) in [6.07, 6.45) is 1.75. The van der Waals surface area contributed by atoms with E-state index in [1.165, 1.54) is 10.7 Å². The van der Waals surface area contributed by atoms with Gasteiger partial charge in [-0.05, 0) is 31.9 Å². The maximum Gasteiger partial charge on any atom is 0.341 e. The van der Waals surface area contributed by atoms with E-state index in [0.717, 1.165) is 16.7 Å². The number of rotatable bonds is 3. The van der Waals surface area contributed by atoms with Crippen LogP contribution in [0.4, 0.5) is 0 Å². The van der Waals surface area contributed by atoms with E-state index >= 15 is 0 Å². The number of carbonyl (C=O) groups is 1. The highest BCUT2D eigenvalue weighted by atomic mass is 16.4. The van der Waals surface area contributed by atoms with Gasteiger partial charge in [-0.1, -0.05) is 23.8 Å².